The fraction of sp³-hybridized carbons (Fsp3) is 0.278. The number of fused-ring (bicyclic) bond motifs is 1. The molecule has 1 aliphatic carbocycles. The van der Waals surface area contributed by atoms with Crippen LogP contribution in [0.4, 0.5) is 4.39 Å². The van der Waals surface area contributed by atoms with Crippen LogP contribution in [0.15, 0.2) is 43.0 Å². The fourth-order valence-corrected chi connectivity index (χ4v) is 2.83. The summed E-state index contributed by atoms with van der Waals surface area (Å²) >= 11 is 0. The van der Waals surface area contributed by atoms with E-state index >= 15 is 0 Å². The van der Waals surface area contributed by atoms with Crippen molar-refractivity contribution < 1.29 is 9.18 Å². The van der Waals surface area contributed by atoms with E-state index in [-0.39, 0.29) is 17.8 Å². The van der Waals surface area contributed by atoms with Gasteiger partial charge in [-0.2, -0.15) is 0 Å². The molecule has 0 aliphatic heterocycles. The third-order valence-corrected chi connectivity index (χ3v) is 4.45. The molecule has 24 heavy (non-hydrogen) atoms. The molecule has 1 aromatic carbocycles. The van der Waals surface area contributed by atoms with Gasteiger partial charge in [-0.05, 0) is 43.4 Å². The first kappa shape index (κ1) is 14.8. The summed E-state index contributed by atoms with van der Waals surface area (Å²) in [7, 11) is 0. The minimum Gasteiger partial charge on any atom is -0.348 e. The minimum absolute atomic E-state index is 0.160. The third-order valence-electron chi connectivity index (χ3n) is 4.45. The zero-order valence-electron chi connectivity index (χ0n) is 13.2. The van der Waals surface area contributed by atoms with Gasteiger partial charge in [-0.1, -0.05) is 12.1 Å². The lowest BCUT2D eigenvalue weighted by molar-refractivity contribution is 0.0933. The van der Waals surface area contributed by atoms with Crippen molar-refractivity contribution in [3.8, 4) is 11.1 Å². The molecule has 3 aromatic rings. The van der Waals surface area contributed by atoms with E-state index in [1.807, 2.05) is 13.1 Å². The van der Waals surface area contributed by atoms with E-state index in [9.17, 15) is 9.18 Å². The van der Waals surface area contributed by atoms with E-state index in [1.165, 1.54) is 25.0 Å². The second kappa shape index (κ2) is 5.70. The Hall–Kier alpha value is -2.76. The Balaban J connectivity index is 1.62. The van der Waals surface area contributed by atoms with Gasteiger partial charge in [0, 0.05) is 24.0 Å². The van der Waals surface area contributed by atoms with Crippen molar-refractivity contribution in [2.24, 2.45) is 5.92 Å². The highest BCUT2D eigenvalue weighted by Crippen LogP contribution is 2.32. The largest absolute Gasteiger partial charge is 0.348 e. The van der Waals surface area contributed by atoms with Gasteiger partial charge in [0.1, 0.15) is 12.1 Å². The van der Waals surface area contributed by atoms with Crippen LogP contribution in [0.2, 0.25) is 0 Å². The molecule has 0 radical (unpaired) electrons. The Morgan fingerprint density at radius 2 is 2.00 bits per heavy atom. The number of hydrogen-bond donors (Lipinski definition) is 1. The molecule has 2 heterocycles. The van der Waals surface area contributed by atoms with Gasteiger partial charge < -0.3 is 5.32 Å². The van der Waals surface area contributed by atoms with Gasteiger partial charge in [0.2, 0.25) is 0 Å². The summed E-state index contributed by atoms with van der Waals surface area (Å²) in [6, 6.07) is 6.37. The Bertz CT molecular complexity index is 899. The Labute approximate surface area is 138 Å². The number of rotatable bonds is 4. The number of hydrogen-bond acceptors (Lipinski definition) is 3. The summed E-state index contributed by atoms with van der Waals surface area (Å²) in [4.78, 5) is 21.0. The number of aromatic nitrogens is 3. The molecule has 0 saturated heterocycles. The number of nitrogens with one attached hydrogen (secondary N) is 1. The van der Waals surface area contributed by atoms with Gasteiger partial charge in [-0.15, -0.1) is 0 Å². The van der Waals surface area contributed by atoms with Crippen LogP contribution in [0.1, 0.15) is 30.3 Å². The Morgan fingerprint density at radius 1 is 1.25 bits per heavy atom. The second-order valence-corrected chi connectivity index (χ2v) is 6.27. The summed E-state index contributed by atoms with van der Waals surface area (Å²) in [5.74, 6) is 0.110. The molecule has 122 valence electrons. The van der Waals surface area contributed by atoms with Crippen LogP contribution < -0.4 is 5.32 Å². The molecule has 4 rings (SSSR count). The van der Waals surface area contributed by atoms with Crippen molar-refractivity contribution in [3.05, 3.63) is 54.5 Å². The number of amides is 1. The summed E-state index contributed by atoms with van der Waals surface area (Å²) in [6.45, 7) is 2.02. The van der Waals surface area contributed by atoms with Crippen molar-refractivity contribution in [3.63, 3.8) is 0 Å². The molecule has 1 unspecified atom stereocenters. The van der Waals surface area contributed by atoms with Crippen LogP contribution in [0.5, 0.6) is 0 Å². The number of carbonyl (C=O) groups excluding carboxylic acids is 1. The van der Waals surface area contributed by atoms with E-state index in [0.717, 1.165) is 11.1 Å². The van der Waals surface area contributed by atoms with Crippen molar-refractivity contribution in [1.82, 2.24) is 19.7 Å². The van der Waals surface area contributed by atoms with Gasteiger partial charge in [0.15, 0.2) is 11.3 Å². The Morgan fingerprint density at radius 3 is 2.71 bits per heavy atom. The topological polar surface area (TPSA) is 59.3 Å². The standard InChI is InChI=1S/C18H17FN4O/c1-11(12-2-3-12)22-18(24)16-17-20-8-14(9-23(17)10-21-16)13-4-6-15(19)7-5-13/h4-12H,2-3H2,1H3,(H,22,24). The third kappa shape index (κ3) is 2.75. The summed E-state index contributed by atoms with van der Waals surface area (Å²) in [5.41, 5.74) is 2.53. The zero-order chi connectivity index (χ0) is 16.7. The van der Waals surface area contributed by atoms with Crippen molar-refractivity contribution in [2.45, 2.75) is 25.8 Å². The maximum Gasteiger partial charge on any atom is 0.274 e. The highest BCUT2D eigenvalue weighted by atomic mass is 19.1. The van der Waals surface area contributed by atoms with Gasteiger partial charge >= 0.3 is 0 Å². The van der Waals surface area contributed by atoms with Crippen LogP contribution in [-0.4, -0.2) is 26.3 Å². The molecule has 6 heteroatoms. The van der Waals surface area contributed by atoms with E-state index in [2.05, 4.69) is 15.3 Å². The van der Waals surface area contributed by atoms with E-state index in [1.54, 1.807) is 29.1 Å². The highest BCUT2D eigenvalue weighted by Gasteiger charge is 2.30. The molecule has 1 amide bonds. The van der Waals surface area contributed by atoms with E-state index in [4.69, 9.17) is 0 Å². The number of benzene rings is 1. The molecular formula is C18H17FN4O. The Kier molecular flexibility index (Phi) is 3.52. The molecule has 1 aliphatic rings. The minimum atomic E-state index is -0.279. The molecule has 1 saturated carbocycles. The van der Waals surface area contributed by atoms with E-state index in [0.29, 0.717) is 17.3 Å². The van der Waals surface area contributed by atoms with Crippen LogP contribution >= 0.6 is 0 Å². The van der Waals surface area contributed by atoms with Crippen molar-refractivity contribution in [1.29, 1.82) is 0 Å². The smallest absolute Gasteiger partial charge is 0.274 e. The first-order valence-corrected chi connectivity index (χ1v) is 8.01. The average Bonchev–Trinajstić information content (AvgIpc) is 3.35. The van der Waals surface area contributed by atoms with Crippen molar-refractivity contribution >= 4 is 11.6 Å². The van der Waals surface area contributed by atoms with Gasteiger partial charge in [0.25, 0.3) is 5.91 Å². The number of imidazole rings is 1. The number of nitrogens with zero attached hydrogens (tertiary/aromatic N) is 3. The van der Waals surface area contributed by atoms with Crippen LogP contribution in [-0.2, 0) is 0 Å². The summed E-state index contributed by atoms with van der Waals surface area (Å²) < 4.78 is 14.8. The van der Waals surface area contributed by atoms with Crippen LogP contribution in [0.25, 0.3) is 16.8 Å². The second-order valence-electron chi connectivity index (χ2n) is 6.27. The molecular weight excluding hydrogens is 307 g/mol. The molecule has 1 atom stereocenters. The maximum absolute atomic E-state index is 13.0. The number of carbonyl (C=O) groups is 1. The van der Waals surface area contributed by atoms with Gasteiger partial charge in [0.05, 0.1) is 0 Å². The molecule has 5 nitrogen and oxygen atoms in total. The fourth-order valence-electron chi connectivity index (χ4n) is 2.83. The normalized spacial score (nSPS) is 15.4. The van der Waals surface area contributed by atoms with E-state index < -0.39 is 0 Å². The molecule has 0 bridgehead atoms. The summed E-state index contributed by atoms with van der Waals surface area (Å²) in [6.07, 6.45) is 7.43. The van der Waals surface area contributed by atoms with Crippen LogP contribution in [0, 0.1) is 11.7 Å². The monoisotopic (exact) mass is 324 g/mol. The van der Waals surface area contributed by atoms with Gasteiger partial charge in [-0.3, -0.25) is 9.20 Å². The molecule has 2 aromatic heterocycles. The zero-order valence-corrected chi connectivity index (χ0v) is 13.2. The molecule has 1 fully saturated rings. The molecule has 0 spiro atoms. The summed E-state index contributed by atoms with van der Waals surface area (Å²) in [5, 5.41) is 2.99. The maximum atomic E-state index is 13.0. The molecule has 1 N–H and O–H groups in total. The predicted molar refractivity (Wildman–Crippen MR) is 88.0 cm³/mol. The SMILES string of the molecule is CC(NC(=O)c1ncn2cc(-c3ccc(F)cc3)cnc12)C1CC1. The first-order chi connectivity index (χ1) is 11.6. The van der Waals surface area contributed by atoms with Gasteiger partial charge in [-0.25, -0.2) is 14.4 Å². The highest BCUT2D eigenvalue weighted by molar-refractivity contribution is 5.98. The van der Waals surface area contributed by atoms with Crippen LogP contribution in [0.3, 0.4) is 0 Å². The lowest BCUT2D eigenvalue weighted by Gasteiger charge is -2.11. The average molecular weight is 324 g/mol. The lowest BCUT2D eigenvalue weighted by Crippen LogP contribution is -2.34. The van der Waals surface area contributed by atoms with Crippen molar-refractivity contribution in [2.75, 3.05) is 0 Å². The number of halogens is 1. The predicted octanol–water partition coefficient (Wildman–Crippen LogP) is 3.06. The lowest BCUT2D eigenvalue weighted by atomic mass is 10.1. The first-order valence-electron chi connectivity index (χ1n) is 8.01. The quantitative estimate of drug-likeness (QED) is 0.802.